The molecule has 0 unspecified atom stereocenters. The fourth-order valence-electron chi connectivity index (χ4n) is 8.08. The number of benzene rings is 2. The van der Waals surface area contributed by atoms with Gasteiger partial charge in [-0.2, -0.15) is 18.2 Å². The molecule has 9 rings (SSSR count). The Morgan fingerprint density at radius 2 is 1.53 bits per heavy atom. The van der Waals surface area contributed by atoms with Gasteiger partial charge in [-0.1, -0.05) is 50.2 Å². The molecule has 5 nitrogen and oxygen atoms in total. The van der Waals surface area contributed by atoms with Gasteiger partial charge in [0.2, 0.25) is 11.8 Å². The van der Waals surface area contributed by atoms with Crippen LogP contribution in [0.25, 0.3) is 11.1 Å². The highest BCUT2D eigenvalue weighted by Gasteiger charge is 2.73. The highest BCUT2D eigenvalue weighted by Crippen LogP contribution is 2.70. The van der Waals surface area contributed by atoms with Gasteiger partial charge in [-0.05, 0) is 98.6 Å². The maximum Gasteiger partial charge on any atom is 0.416 e. The van der Waals surface area contributed by atoms with Crippen LogP contribution in [0.15, 0.2) is 53.1 Å². The monoisotopic (exact) mass is 595 g/mol. The Labute approximate surface area is 249 Å². The molecule has 2 aromatic carbocycles. The van der Waals surface area contributed by atoms with Gasteiger partial charge in [0.15, 0.2) is 5.82 Å². The van der Waals surface area contributed by atoms with Crippen LogP contribution < -0.4 is 4.90 Å². The summed E-state index contributed by atoms with van der Waals surface area (Å²) in [7, 11) is 0. The lowest BCUT2D eigenvalue weighted by Gasteiger charge is -2.65. The third-order valence-electron chi connectivity index (χ3n) is 10.8. The van der Waals surface area contributed by atoms with Crippen molar-refractivity contribution in [3.05, 3.63) is 65.8 Å². The molecule has 6 saturated carbocycles. The van der Waals surface area contributed by atoms with Crippen molar-refractivity contribution in [3.8, 4) is 11.1 Å². The largest absolute Gasteiger partial charge is 0.416 e. The molecule has 0 saturated heterocycles. The number of aromatic nitrogens is 2. The summed E-state index contributed by atoms with van der Waals surface area (Å²) in [5.41, 5.74) is -0.856. The van der Waals surface area contributed by atoms with E-state index in [9.17, 15) is 22.4 Å². The SMILES string of the molecule is CC(C)(C)c1nc(C23CCC(CN(C(=O)C45CC(F)(C4)C5)c4cccc(-c5ccc(C(F)(F)F)cc5)c4)(CC2)CC3)no1. The zero-order valence-electron chi connectivity index (χ0n) is 24.9. The summed E-state index contributed by atoms with van der Waals surface area (Å²) in [4.78, 5) is 20.8. The number of anilines is 1. The zero-order chi connectivity index (χ0) is 30.5. The van der Waals surface area contributed by atoms with Crippen molar-refractivity contribution in [2.24, 2.45) is 10.8 Å². The van der Waals surface area contributed by atoms with Crippen LogP contribution in [0, 0.1) is 10.8 Å². The molecule has 0 aliphatic heterocycles. The molecule has 3 aromatic rings. The van der Waals surface area contributed by atoms with E-state index in [1.807, 2.05) is 29.2 Å². The maximum absolute atomic E-state index is 14.6. The van der Waals surface area contributed by atoms with E-state index in [2.05, 4.69) is 25.9 Å². The lowest BCUT2D eigenvalue weighted by molar-refractivity contribution is -0.211. The smallest absolute Gasteiger partial charge is 0.339 e. The van der Waals surface area contributed by atoms with E-state index in [0.29, 0.717) is 23.7 Å². The minimum atomic E-state index is -4.41. The summed E-state index contributed by atoms with van der Waals surface area (Å²) in [6.07, 6.45) is 1.95. The lowest BCUT2D eigenvalue weighted by Crippen LogP contribution is -2.71. The Morgan fingerprint density at radius 1 is 0.907 bits per heavy atom. The van der Waals surface area contributed by atoms with Crippen LogP contribution in [0.2, 0.25) is 0 Å². The first-order chi connectivity index (χ1) is 20.1. The zero-order valence-corrected chi connectivity index (χ0v) is 24.9. The summed E-state index contributed by atoms with van der Waals surface area (Å²) in [6, 6.07) is 12.6. The van der Waals surface area contributed by atoms with Crippen molar-refractivity contribution in [3.63, 3.8) is 0 Å². The molecular weight excluding hydrogens is 558 g/mol. The van der Waals surface area contributed by atoms with E-state index >= 15 is 0 Å². The molecule has 0 radical (unpaired) electrons. The summed E-state index contributed by atoms with van der Waals surface area (Å²) in [5.74, 6) is 1.42. The van der Waals surface area contributed by atoms with Gasteiger partial charge in [0.05, 0.1) is 11.0 Å². The molecule has 0 atom stereocenters. The van der Waals surface area contributed by atoms with E-state index in [0.717, 1.165) is 62.0 Å². The van der Waals surface area contributed by atoms with Crippen LogP contribution in [0.4, 0.5) is 23.2 Å². The first-order valence-corrected chi connectivity index (χ1v) is 15.3. The molecule has 6 fully saturated rings. The van der Waals surface area contributed by atoms with Crippen molar-refractivity contribution in [1.29, 1.82) is 0 Å². The molecule has 1 heterocycles. The summed E-state index contributed by atoms with van der Waals surface area (Å²) in [6.45, 7) is 6.72. The number of amides is 1. The van der Waals surface area contributed by atoms with E-state index in [1.165, 1.54) is 12.1 Å². The average Bonchev–Trinajstić information content (AvgIpc) is 3.47. The third kappa shape index (κ3) is 4.69. The van der Waals surface area contributed by atoms with Gasteiger partial charge in [0, 0.05) is 23.1 Å². The van der Waals surface area contributed by atoms with Gasteiger partial charge in [-0.15, -0.1) is 0 Å². The number of nitrogens with zero attached hydrogens (tertiary/aromatic N) is 3. The topological polar surface area (TPSA) is 59.2 Å². The minimum absolute atomic E-state index is 0.0265. The summed E-state index contributed by atoms with van der Waals surface area (Å²) >= 11 is 0. The van der Waals surface area contributed by atoms with Gasteiger partial charge in [-0.3, -0.25) is 4.79 Å². The van der Waals surface area contributed by atoms with Gasteiger partial charge >= 0.3 is 6.18 Å². The van der Waals surface area contributed by atoms with Gasteiger partial charge in [0.1, 0.15) is 5.67 Å². The van der Waals surface area contributed by atoms with Crippen molar-refractivity contribution in [1.82, 2.24) is 10.1 Å². The van der Waals surface area contributed by atoms with Gasteiger partial charge in [-0.25, -0.2) is 4.39 Å². The van der Waals surface area contributed by atoms with E-state index < -0.39 is 22.8 Å². The number of rotatable bonds is 6. The number of carbonyl (C=O) groups is 1. The number of halogens is 4. The fourth-order valence-corrected chi connectivity index (χ4v) is 8.08. The molecule has 1 aromatic heterocycles. The molecule has 9 heteroatoms. The molecule has 0 N–H and O–H groups in total. The predicted octanol–water partition coefficient (Wildman–Crippen LogP) is 8.57. The number of fused-ring (bicyclic) bond motifs is 3. The molecule has 6 aliphatic carbocycles. The molecule has 228 valence electrons. The number of hydrogen-bond donors (Lipinski definition) is 0. The molecular formula is C34H37F4N3O2. The van der Waals surface area contributed by atoms with E-state index in [4.69, 9.17) is 9.51 Å². The summed E-state index contributed by atoms with van der Waals surface area (Å²) < 4.78 is 59.6. The first kappa shape index (κ1) is 28.5. The second-order valence-corrected chi connectivity index (χ2v) is 14.9. The van der Waals surface area contributed by atoms with Crippen molar-refractivity contribution in [2.75, 3.05) is 11.4 Å². The Bertz CT molecular complexity index is 1520. The van der Waals surface area contributed by atoms with Crippen molar-refractivity contribution < 1.29 is 26.9 Å². The Hall–Kier alpha value is -3.23. The van der Waals surface area contributed by atoms with Crippen molar-refractivity contribution >= 4 is 11.6 Å². The number of alkyl halides is 4. The molecule has 43 heavy (non-hydrogen) atoms. The minimum Gasteiger partial charge on any atom is -0.339 e. The van der Waals surface area contributed by atoms with Crippen LogP contribution in [0.3, 0.4) is 0 Å². The third-order valence-corrected chi connectivity index (χ3v) is 10.8. The van der Waals surface area contributed by atoms with Crippen LogP contribution >= 0.6 is 0 Å². The molecule has 4 bridgehead atoms. The normalized spacial score (nSPS) is 31.3. The van der Waals surface area contributed by atoms with E-state index in [1.54, 1.807) is 0 Å². The Morgan fingerprint density at radius 3 is 2.07 bits per heavy atom. The Balaban J connectivity index is 1.15. The fraction of sp³-hybridized carbons (Fsp3) is 0.559. The highest BCUT2D eigenvalue weighted by atomic mass is 19.4. The van der Waals surface area contributed by atoms with E-state index in [-0.39, 0.29) is 41.4 Å². The number of carbonyl (C=O) groups excluding carboxylic acids is 1. The second-order valence-electron chi connectivity index (χ2n) is 14.9. The average molecular weight is 596 g/mol. The van der Waals surface area contributed by atoms with Crippen LogP contribution in [-0.2, 0) is 21.8 Å². The number of hydrogen-bond acceptors (Lipinski definition) is 4. The summed E-state index contributed by atoms with van der Waals surface area (Å²) in [5, 5.41) is 4.40. The van der Waals surface area contributed by atoms with Gasteiger partial charge in [0.25, 0.3) is 0 Å². The first-order valence-electron chi connectivity index (χ1n) is 15.3. The van der Waals surface area contributed by atoms with Crippen molar-refractivity contribution in [2.45, 2.75) is 101 Å². The van der Waals surface area contributed by atoms with Gasteiger partial charge < -0.3 is 9.42 Å². The lowest BCUT2D eigenvalue weighted by atomic mass is 9.41. The van der Waals surface area contributed by atoms with Crippen LogP contribution in [0.1, 0.15) is 95.8 Å². The standard InChI is InChI=1S/C34H37F4N3O2/c1-29(2,3)27-39-26(40-43-27)31-14-11-30(12-15-31,13-16-31)21-41(28(42)32-18-33(35,19-32)20-32)25-6-4-5-23(17-25)22-7-9-24(10-8-22)34(36,37)38/h4-10,17H,11-16,18-21H2,1-3H3. The van der Waals surface area contributed by atoms with Crippen LogP contribution in [0.5, 0.6) is 0 Å². The molecule has 1 amide bonds. The van der Waals surface area contributed by atoms with Crippen LogP contribution in [-0.4, -0.2) is 28.3 Å². The quantitative estimate of drug-likeness (QED) is 0.268. The molecule has 6 aliphatic rings. The second kappa shape index (κ2) is 9.14. The predicted molar refractivity (Wildman–Crippen MR) is 154 cm³/mol. The Kier molecular flexibility index (Phi) is 6.07. The maximum atomic E-state index is 14.6. The highest BCUT2D eigenvalue weighted by molar-refractivity contribution is 6.00. The molecule has 0 spiro atoms.